The van der Waals surface area contributed by atoms with E-state index in [2.05, 4.69) is 5.10 Å². The van der Waals surface area contributed by atoms with Crippen molar-refractivity contribution in [2.45, 2.75) is 38.8 Å². The van der Waals surface area contributed by atoms with E-state index in [1.54, 1.807) is 6.92 Å². The van der Waals surface area contributed by atoms with E-state index in [9.17, 15) is 5.11 Å². The van der Waals surface area contributed by atoms with Crippen LogP contribution in [-0.2, 0) is 0 Å². The molecule has 0 aliphatic heterocycles. The van der Waals surface area contributed by atoms with E-state index in [0.717, 1.165) is 5.69 Å². The third-order valence-electron chi connectivity index (χ3n) is 2.37. The minimum atomic E-state index is -0.806. The topological polar surface area (TPSA) is 64.1 Å². The lowest BCUT2D eigenvalue weighted by molar-refractivity contribution is 0.0449. The summed E-state index contributed by atoms with van der Waals surface area (Å²) in [6.07, 6.45) is 2.54. The molecule has 4 heteroatoms. The Bertz CT molecular complexity index is 293. The Hall–Kier alpha value is -0.870. The lowest BCUT2D eigenvalue weighted by Crippen LogP contribution is -2.36. The Morgan fingerprint density at radius 1 is 1.71 bits per heavy atom. The predicted octanol–water partition coefficient (Wildman–Crippen LogP) is 0.852. The summed E-state index contributed by atoms with van der Waals surface area (Å²) in [6, 6.07) is 2.12. The number of nitrogens with zero attached hydrogens (tertiary/aromatic N) is 2. The van der Waals surface area contributed by atoms with Gasteiger partial charge in [-0.25, -0.2) is 0 Å². The van der Waals surface area contributed by atoms with Gasteiger partial charge in [0.15, 0.2) is 0 Å². The van der Waals surface area contributed by atoms with Gasteiger partial charge in [0.1, 0.15) is 0 Å². The largest absolute Gasteiger partial charge is 0.389 e. The summed E-state index contributed by atoms with van der Waals surface area (Å²) in [4.78, 5) is 0. The monoisotopic (exact) mass is 197 g/mol. The first-order valence-corrected chi connectivity index (χ1v) is 4.89. The minimum Gasteiger partial charge on any atom is -0.389 e. The normalized spacial score (nSPS) is 17.8. The molecule has 4 nitrogen and oxygen atoms in total. The number of rotatable bonds is 4. The Morgan fingerprint density at radius 2 is 2.36 bits per heavy atom. The number of aromatic nitrogens is 2. The molecule has 1 heterocycles. The Balaban J connectivity index is 2.63. The Kier molecular flexibility index (Phi) is 3.29. The van der Waals surface area contributed by atoms with Crippen LogP contribution in [0.3, 0.4) is 0 Å². The van der Waals surface area contributed by atoms with Gasteiger partial charge in [0, 0.05) is 12.7 Å². The van der Waals surface area contributed by atoms with E-state index < -0.39 is 5.60 Å². The fraction of sp³-hybridized carbons (Fsp3) is 0.700. The Morgan fingerprint density at radius 3 is 2.79 bits per heavy atom. The summed E-state index contributed by atoms with van der Waals surface area (Å²) in [7, 11) is 0. The molecule has 3 N–H and O–H groups in total. The molecular formula is C10H19N3O. The molecule has 0 bridgehead atoms. The third kappa shape index (κ3) is 2.82. The molecule has 0 aromatic carbocycles. The second kappa shape index (κ2) is 4.11. The van der Waals surface area contributed by atoms with Crippen LogP contribution in [0.1, 0.15) is 32.0 Å². The van der Waals surface area contributed by atoms with Gasteiger partial charge in [-0.2, -0.15) is 5.10 Å². The van der Waals surface area contributed by atoms with Gasteiger partial charge in [-0.3, -0.25) is 4.68 Å². The van der Waals surface area contributed by atoms with Crippen molar-refractivity contribution in [1.82, 2.24) is 9.78 Å². The zero-order valence-corrected chi connectivity index (χ0v) is 9.07. The van der Waals surface area contributed by atoms with Crippen LogP contribution in [0.5, 0.6) is 0 Å². The molecule has 0 saturated carbocycles. The molecule has 80 valence electrons. The fourth-order valence-electron chi connectivity index (χ4n) is 1.49. The maximum absolute atomic E-state index is 9.80. The van der Waals surface area contributed by atoms with Gasteiger partial charge in [-0.15, -0.1) is 0 Å². The first kappa shape index (κ1) is 11.2. The number of hydrogen-bond donors (Lipinski definition) is 2. The van der Waals surface area contributed by atoms with Crippen LogP contribution >= 0.6 is 0 Å². The maximum atomic E-state index is 9.80. The molecule has 0 amide bonds. The Labute approximate surface area is 84.7 Å². The highest BCUT2D eigenvalue weighted by atomic mass is 16.3. The maximum Gasteiger partial charge on any atom is 0.0761 e. The van der Waals surface area contributed by atoms with Crippen LogP contribution in [0.15, 0.2) is 12.3 Å². The molecular weight excluding hydrogens is 178 g/mol. The molecule has 1 aromatic heterocycles. The highest BCUT2D eigenvalue weighted by Crippen LogP contribution is 2.19. The van der Waals surface area contributed by atoms with Crippen molar-refractivity contribution < 1.29 is 5.11 Å². The smallest absolute Gasteiger partial charge is 0.0761 e. The average molecular weight is 197 g/mol. The lowest BCUT2D eigenvalue weighted by atomic mass is 9.98. The summed E-state index contributed by atoms with van der Waals surface area (Å²) in [5.74, 6) is 0. The average Bonchev–Trinajstić information content (AvgIpc) is 2.51. The van der Waals surface area contributed by atoms with Crippen LogP contribution < -0.4 is 5.73 Å². The molecule has 1 aromatic rings. The van der Waals surface area contributed by atoms with E-state index in [1.807, 2.05) is 30.8 Å². The van der Waals surface area contributed by atoms with Crippen molar-refractivity contribution in [2.75, 3.05) is 6.54 Å². The van der Waals surface area contributed by atoms with Crippen molar-refractivity contribution in [2.24, 2.45) is 5.73 Å². The third-order valence-corrected chi connectivity index (χ3v) is 2.37. The van der Waals surface area contributed by atoms with E-state index in [1.165, 1.54) is 0 Å². The highest BCUT2D eigenvalue weighted by molar-refractivity contribution is 4.96. The van der Waals surface area contributed by atoms with Gasteiger partial charge in [0.2, 0.25) is 0 Å². The van der Waals surface area contributed by atoms with E-state index in [4.69, 9.17) is 5.73 Å². The molecule has 2 atom stereocenters. The first-order chi connectivity index (χ1) is 6.44. The van der Waals surface area contributed by atoms with Crippen LogP contribution in [0.4, 0.5) is 0 Å². The van der Waals surface area contributed by atoms with Crippen molar-refractivity contribution in [3.05, 3.63) is 18.0 Å². The SMILES string of the molecule is Cc1ccn(C(C)CC(C)(O)CN)n1. The molecule has 0 fully saturated rings. The van der Waals surface area contributed by atoms with Gasteiger partial charge in [0.05, 0.1) is 17.3 Å². The van der Waals surface area contributed by atoms with Gasteiger partial charge in [-0.1, -0.05) is 0 Å². The molecule has 0 aliphatic rings. The number of aryl methyl sites for hydroxylation is 1. The molecule has 0 saturated heterocycles. The van der Waals surface area contributed by atoms with Crippen LogP contribution in [0.25, 0.3) is 0 Å². The molecule has 0 radical (unpaired) electrons. The summed E-state index contributed by atoms with van der Waals surface area (Å²) in [5, 5.41) is 14.1. The van der Waals surface area contributed by atoms with Crippen LogP contribution in [0, 0.1) is 6.92 Å². The first-order valence-electron chi connectivity index (χ1n) is 4.89. The van der Waals surface area contributed by atoms with E-state index in [0.29, 0.717) is 6.42 Å². The van der Waals surface area contributed by atoms with Gasteiger partial charge >= 0.3 is 0 Å². The predicted molar refractivity (Wildman–Crippen MR) is 56.0 cm³/mol. The molecule has 14 heavy (non-hydrogen) atoms. The minimum absolute atomic E-state index is 0.169. The van der Waals surface area contributed by atoms with Crippen LogP contribution in [0.2, 0.25) is 0 Å². The van der Waals surface area contributed by atoms with Gasteiger partial charge in [0.25, 0.3) is 0 Å². The number of hydrogen-bond acceptors (Lipinski definition) is 3. The zero-order valence-electron chi connectivity index (χ0n) is 9.07. The fourth-order valence-corrected chi connectivity index (χ4v) is 1.49. The van der Waals surface area contributed by atoms with Crippen molar-refractivity contribution >= 4 is 0 Å². The molecule has 2 unspecified atom stereocenters. The second-order valence-corrected chi connectivity index (χ2v) is 4.19. The summed E-state index contributed by atoms with van der Waals surface area (Å²) < 4.78 is 1.86. The van der Waals surface area contributed by atoms with E-state index in [-0.39, 0.29) is 12.6 Å². The number of nitrogens with two attached hydrogens (primary N) is 1. The quantitative estimate of drug-likeness (QED) is 0.752. The lowest BCUT2D eigenvalue weighted by Gasteiger charge is -2.25. The molecule has 1 rings (SSSR count). The van der Waals surface area contributed by atoms with E-state index >= 15 is 0 Å². The van der Waals surface area contributed by atoms with Crippen molar-refractivity contribution in [1.29, 1.82) is 0 Å². The summed E-state index contributed by atoms with van der Waals surface area (Å²) in [6.45, 7) is 6.00. The summed E-state index contributed by atoms with van der Waals surface area (Å²) in [5.41, 5.74) is 5.64. The van der Waals surface area contributed by atoms with Gasteiger partial charge < -0.3 is 10.8 Å². The second-order valence-electron chi connectivity index (χ2n) is 4.19. The molecule has 0 spiro atoms. The standard InChI is InChI=1S/C10H19N3O/c1-8-4-5-13(12-8)9(2)6-10(3,14)7-11/h4-5,9,14H,6-7,11H2,1-3H3. The zero-order chi connectivity index (χ0) is 10.8. The molecule has 0 aliphatic carbocycles. The highest BCUT2D eigenvalue weighted by Gasteiger charge is 2.22. The van der Waals surface area contributed by atoms with Crippen LogP contribution in [-0.4, -0.2) is 27.0 Å². The number of aliphatic hydroxyl groups is 1. The van der Waals surface area contributed by atoms with Crippen molar-refractivity contribution in [3.8, 4) is 0 Å². The van der Waals surface area contributed by atoms with Gasteiger partial charge in [-0.05, 0) is 33.3 Å². The van der Waals surface area contributed by atoms with Crippen molar-refractivity contribution in [3.63, 3.8) is 0 Å². The summed E-state index contributed by atoms with van der Waals surface area (Å²) >= 11 is 0.